The molecule has 0 bridgehead atoms. The lowest BCUT2D eigenvalue weighted by atomic mass is 10.0. The first kappa shape index (κ1) is 12.7. The van der Waals surface area contributed by atoms with Gasteiger partial charge in [-0.3, -0.25) is 10.1 Å². The number of nitro groups is 1. The minimum Gasteiger partial charge on any atom is -0.300 e. The van der Waals surface area contributed by atoms with Crippen LogP contribution in [0.4, 0.5) is 0 Å². The fraction of sp³-hybridized carbons (Fsp3) is 0.778. The maximum atomic E-state index is 10.6. The summed E-state index contributed by atoms with van der Waals surface area (Å²) >= 11 is 0. The van der Waals surface area contributed by atoms with Gasteiger partial charge in [-0.2, -0.15) is 0 Å². The van der Waals surface area contributed by atoms with Crippen LogP contribution in [-0.2, 0) is 9.59 Å². The Morgan fingerprint density at radius 1 is 1.14 bits per heavy atom. The molecule has 0 atom stereocenters. The van der Waals surface area contributed by atoms with E-state index in [-0.39, 0.29) is 37.2 Å². The van der Waals surface area contributed by atoms with Crippen molar-refractivity contribution in [3.63, 3.8) is 0 Å². The van der Waals surface area contributed by atoms with Crippen LogP contribution in [0.2, 0.25) is 0 Å². The van der Waals surface area contributed by atoms with E-state index in [4.69, 9.17) is 0 Å². The molecular formula is C9H15NO4. The van der Waals surface area contributed by atoms with Crippen molar-refractivity contribution in [3.05, 3.63) is 10.1 Å². The highest BCUT2D eigenvalue weighted by Gasteiger charge is 2.20. The van der Waals surface area contributed by atoms with Gasteiger partial charge < -0.3 is 9.59 Å². The van der Waals surface area contributed by atoms with Gasteiger partial charge in [-0.05, 0) is 13.8 Å². The van der Waals surface area contributed by atoms with E-state index in [0.717, 1.165) is 0 Å². The number of carbonyl (C=O) groups is 2. The molecule has 0 unspecified atom stereocenters. The van der Waals surface area contributed by atoms with Gasteiger partial charge in [-0.15, -0.1) is 0 Å². The Labute approximate surface area is 82.6 Å². The summed E-state index contributed by atoms with van der Waals surface area (Å²) in [5.41, 5.74) is 0. The van der Waals surface area contributed by atoms with Crippen LogP contribution < -0.4 is 0 Å². The summed E-state index contributed by atoms with van der Waals surface area (Å²) in [5, 5.41) is 10.5. The average molecular weight is 201 g/mol. The zero-order valence-electron chi connectivity index (χ0n) is 8.49. The molecule has 5 heteroatoms. The summed E-state index contributed by atoms with van der Waals surface area (Å²) in [6, 6.07) is -0.761. The van der Waals surface area contributed by atoms with E-state index in [1.165, 1.54) is 13.8 Å². The number of rotatable bonds is 7. The van der Waals surface area contributed by atoms with Gasteiger partial charge in [0, 0.05) is 30.6 Å². The molecule has 0 aliphatic rings. The van der Waals surface area contributed by atoms with Gasteiger partial charge in [0.2, 0.25) is 6.04 Å². The summed E-state index contributed by atoms with van der Waals surface area (Å²) in [6.07, 6.45) is 0.887. The van der Waals surface area contributed by atoms with E-state index < -0.39 is 11.0 Å². The maximum Gasteiger partial charge on any atom is 0.214 e. The van der Waals surface area contributed by atoms with E-state index in [1.807, 2.05) is 0 Å². The molecule has 0 spiro atoms. The molecule has 0 aromatic heterocycles. The molecule has 0 rings (SSSR count). The number of hydrogen-bond acceptors (Lipinski definition) is 4. The molecule has 5 nitrogen and oxygen atoms in total. The minimum absolute atomic E-state index is 0.0559. The third-order valence-corrected chi connectivity index (χ3v) is 1.96. The number of carbonyl (C=O) groups excluding carboxylic acids is 2. The monoisotopic (exact) mass is 201 g/mol. The predicted molar refractivity (Wildman–Crippen MR) is 50.6 cm³/mol. The van der Waals surface area contributed by atoms with E-state index in [2.05, 4.69) is 0 Å². The highest BCUT2D eigenvalue weighted by molar-refractivity contribution is 5.76. The zero-order valence-corrected chi connectivity index (χ0v) is 8.49. The lowest BCUT2D eigenvalue weighted by molar-refractivity contribution is -0.524. The Hall–Kier alpha value is -1.26. The van der Waals surface area contributed by atoms with Crippen LogP contribution in [0.3, 0.4) is 0 Å². The van der Waals surface area contributed by atoms with Gasteiger partial charge in [0.05, 0.1) is 0 Å². The molecule has 0 aliphatic heterocycles. The van der Waals surface area contributed by atoms with Crippen LogP contribution in [0.5, 0.6) is 0 Å². The quantitative estimate of drug-likeness (QED) is 0.460. The van der Waals surface area contributed by atoms with Crippen LogP contribution in [0.1, 0.15) is 39.5 Å². The molecule has 0 fully saturated rings. The van der Waals surface area contributed by atoms with E-state index in [1.54, 1.807) is 0 Å². The standard InChI is InChI=1S/C9H15NO4/c1-7(11)3-5-9(10(13)14)6-4-8(2)12/h9H,3-6H2,1-2H3. The third kappa shape index (κ3) is 6.28. The highest BCUT2D eigenvalue weighted by atomic mass is 16.6. The maximum absolute atomic E-state index is 10.6. The summed E-state index contributed by atoms with van der Waals surface area (Å²) < 4.78 is 0. The molecule has 14 heavy (non-hydrogen) atoms. The fourth-order valence-corrected chi connectivity index (χ4v) is 1.09. The number of nitrogens with zero attached hydrogens (tertiary/aromatic N) is 1. The van der Waals surface area contributed by atoms with Crippen LogP contribution in [0.25, 0.3) is 0 Å². The molecular weight excluding hydrogens is 186 g/mol. The molecule has 0 aromatic rings. The molecule has 0 aromatic carbocycles. The fourth-order valence-electron chi connectivity index (χ4n) is 1.09. The Kier molecular flexibility index (Phi) is 5.67. The van der Waals surface area contributed by atoms with E-state index in [0.29, 0.717) is 0 Å². The lowest BCUT2D eigenvalue weighted by Gasteiger charge is -2.06. The first-order chi connectivity index (χ1) is 6.43. The SMILES string of the molecule is CC(=O)CCC(CCC(C)=O)[N+](=O)[O-]. The smallest absolute Gasteiger partial charge is 0.214 e. The van der Waals surface area contributed by atoms with Crippen molar-refractivity contribution in [2.24, 2.45) is 0 Å². The molecule has 80 valence electrons. The number of ketones is 2. The minimum atomic E-state index is -0.761. The molecule has 0 amide bonds. The summed E-state index contributed by atoms with van der Waals surface area (Å²) in [4.78, 5) is 31.3. The van der Waals surface area contributed by atoms with Crippen molar-refractivity contribution in [3.8, 4) is 0 Å². The van der Waals surface area contributed by atoms with Crippen molar-refractivity contribution in [1.29, 1.82) is 0 Å². The van der Waals surface area contributed by atoms with Crippen molar-refractivity contribution in [1.82, 2.24) is 0 Å². The van der Waals surface area contributed by atoms with Crippen LogP contribution in [0.15, 0.2) is 0 Å². The van der Waals surface area contributed by atoms with E-state index in [9.17, 15) is 19.7 Å². The predicted octanol–water partition coefficient (Wildman–Crippen LogP) is 1.37. The first-order valence-corrected chi connectivity index (χ1v) is 4.56. The van der Waals surface area contributed by atoms with Gasteiger partial charge in [0.25, 0.3) is 0 Å². The summed E-state index contributed by atoms with van der Waals surface area (Å²) in [6.45, 7) is 2.81. The summed E-state index contributed by atoms with van der Waals surface area (Å²) in [5.74, 6) is -0.112. The van der Waals surface area contributed by atoms with Crippen molar-refractivity contribution < 1.29 is 14.5 Å². The topological polar surface area (TPSA) is 77.3 Å². The second-order valence-corrected chi connectivity index (χ2v) is 3.42. The Morgan fingerprint density at radius 2 is 1.50 bits per heavy atom. The number of hydrogen-bond donors (Lipinski definition) is 0. The molecule has 0 heterocycles. The van der Waals surface area contributed by atoms with Crippen molar-refractivity contribution in [2.45, 2.75) is 45.6 Å². The second kappa shape index (κ2) is 6.23. The molecule has 0 radical (unpaired) electrons. The normalized spacial score (nSPS) is 10.2. The second-order valence-electron chi connectivity index (χ2n) is 3.42. The van der Waals surface area contributed by atoms with Gasteiger partial charge in [-0.25, -0.2) is 0 Å². The Bertz CT molecular complexity index is 219. The van der Waals surface area contributed by atoms with Crippen LogP contribution >= 0.6 is 0 Å². The van der Waals surface area contributed by atoms with Crippen LogP contribution in [0, 0.1) is 10.1 Å². The molecule has 0 saturated carbocycles. The molecule has 0 N–H and O–H groups in total. The van der Waals surface area contributed by atoms with Crippen molar-refractivity contribution in [2.75, 3.05) is 0 Å². The van der Waals surface area contributed by atoms with Gasteiger partial charge in [0.15, 0.2) is 0 Å². The van der Waals surface area contributed by atoms with Gasteiger partial charge in [0.1, 0.15) is 11.6 Å². The molecule has 0 saturated heterocycles. The summed E-state index contributed by atoms with van der Waals surface area (Å²) in [7, 11) is 0. The first-order valence-electron chi connectivity index (χ1n) is 4.56. The molecule has 0 aliphatic carbocycles. The van der Waals surface area contributed by atoms with Gasteiger partial charge >= 0.3 is 0 Å². The Morgan fingerprint density at radius 3 is 1.71 bits per heavy atom. The van der Waals surface area contributed by atoms with Gasteiger partial charge in [-0.1, -0.05) is 0 Å². The third-order valence-electron chi connectivity index (χ3n) is 1.96. The highest BCUT2D eigenvalue weighted by Crippen LogP contribution is 2.09. The van der Waals surface area contributed by atoms with E-state index >= 15 is 0 Å². The number of Topliss-reactive ketones (excluding diaryl/α,β-unsaturated/α-hetero) is 2. The average Bonchev–Trinajstić information content (AvgIpc) is 2.02. The largest absolute Gasteiger partial charge is 0.300 e. The Balaban J connectivity index is 3.96. The zero-order chi connectivity index (χ0) is 11.1. The van der Waals surface area contributed by atoms with Crippen molar-refractivity contribution >= 4 is 11.6 Å². The lowest BCUT2D eigenvalue weighted by Crippen LogP contribution is -2.21. The van der Waals surface area contributed by atoms with Crippen LogP contribution in [-0.4, -0.2) is 22.5 Å².